The Bertz CT molecular complexity index is 1020. The summed E-state index contributed by atoms with van der Waals surface area (Å²) >= 11 is 0. The second-order valence-electron chi connectivity index (χ2n) is 6.89. The fourth-order valence-electron chi connectivity index (χ4n) is 3.74. The normalized spacial score (nSPS) is 18.3. The van der Waals surface area contributed by atoms with Gasteiger partial charge in [0.05, 0.1) is 24.4 Å². The minimum absolute atomic E-state index is 0.0719. The highest BCUT2D eigenvalue weighted by Crippen LogP contribution is 2.37. The summed E-state index contributed by atoms with van der Waals surface area (Å²) in [5.41, 5.74) is 4.04. The summed E-state index contributed by atoms with van der Waals surface area (Å²) in [6, 6.07) is 8.44. The van der Waals surface area contributed by atoms with Crippen molar-refractivity contribution >= 4 is 16.1 Å². The molecule has 1 fully saturated rings. The van der Waals surface area contributed by atoms with Crippen molar-refractivity contribution in [2.75, 3.05) is 18.8 Å². The maximum atomic E-state index is 12.1. The summed E-state index contributed by atoms with van der Waals surface area (Å²) in [5.74, 6) is 0.0719. The van der Waals surface area contributed by atoms with Gasteiger partial charge in [-0.3, -0.25) is 4.68 Å². The van der Waals surface area contributed by atoms with E-state index in [1.165, 1.54) is 15.4 Å². The molecule has 4 rings (SSSR count). The van der Waals surface area contributed by atoms with Gasteiger partial charge in [0.2, 0.25) is 10.0 Å². The highest BCUT2D eigenvalue weighted by Gasteiger charge is 2.49. The van der Waals surface area contributed by atoms with Crippen LogP contribution in [0.15, 0.2) is 36.7 Å². The van der Waals surface area contributed by atoms with Crippen LogP contribution in [0.5, 0.6) is 0 Å². The van der Waals surface area contributed by atoms with Crippen LogP contribution in [0.4, 0.5) is 0 Å². The van der Waals surface area contributed by atoms with Crippen molar-refractivity contribution in [3.05, 3.63) is 47.8 Å². The first-order valence-electron chi connectivity index (χ1n) is 8.68. The third kappa shape index (κ3) is 2.57. The van der Waals surface area contributed by atoms with Crippen LogP contribution in [0, 0.1) is 11.3 Å². The van der Waals surface area contributed by atoms with Crippen molar-refractivity contribution in [2.45, 2.75) is 25.3 Å². The highest BCUT2D eigenvalue weighted by atomic mass is 32.2. The molecule has 1 saturated heterocycles. The average Bonchev–Trinajstić information content (AvgIpc) is 3.26. The van der Waals surface area contributed by atoms with Crippen molar-refractivity contribution in [2.24, 2.45) is 0 Å². The van der Waals surface area contributed by atoms with Crippen LogP contribution in [0.2, 0.25) is 0 Å². The van der Waals surface area contributed by atoms with E-state index >= 15 is 0 Å². The van der Waals surface area contributed by atoms with Gasteiger partial charge in [0.15, 0.2) is 0 Å². The molecule has 134 valence electrons. The predicted molar refractivity (Wildman–Crippen MR) is 99.6 cm³/mol. The van der Waals surface area contributed by atoms with Gasteiger partial charge in [-0.1, -0.05) is 30.4 Å². The minimum atomic E-state index is -3.24. The molecule has 1 aliphatic carbocycles. The number of aromatic nitrogens is 2. The SMILES string of the molecule is CCS(=O)(=O)N1CC(CC#N)(n2cc(-c3cccc4c3C=CC4)cn2)C1. The Kier molecular flexibility index (Phi) is 3.98. The van der Waals surface area contributed by atoms with Crippen molar-refractivity contribution < 1.29 is 8.42 Å². The molecule has 0 amide bonds. The Labute approximate surface area is 153 Å². The monoisotopic (exact) mass is 368 g/mol. The number of hydrogen-bond acceptors (Lipinski definition) is 4. The standard InChI is InChI=1S/C19H20N4O2S/c1-2-26(24,25)22-13-19(14-22,9-10-20)23-12-16(11-21-23)18-8-4-6-15-5-3-7-17(15)18/h3-4,6-8,11-12H,2,5,9,13-14H2,1H3. The molecule has 2 heterocycles. The maximum absolute atomic E-state index is 12.1. The lowest BCUT2D eigenvalue weighted by Crippen LogP contribution is -2.64. The summed E-state index contributed by atoms with van der Waals surface area (Å²) < 4.78 is 27.4. The fraction of sp³-hybridized carbons (Fsp3) is 0.368. The molecule has 0 saturated carbocycles. The molecule has 26 heavy (non-hydrogen) atoms. The molecule has 0 N–H and O–H groups in total. The van der Waals surface area contributed by atoms with Crippen LogP contribution in [-0.4, -0.2) is 41.3 Å². The first-order valence-corrected chi connectivity index (χ1v) is 10.3. The summed E-state index contributed by atoms with van der Waals surface area (Å²) in [6.45, 7) is 2.23. The zero-order valence-electron chi connectivity index (χ0n) is 14.6. The number of sulfonamides is 1. The Morgan fingerprint density at radius 1 is 1.35 bits per heavy atom. The van der Waals surface area contributed by atoms with Gasteiger partial charge in [-0.25, -0.2) is 8.42 Å². The Morgan fingerprint density at radius 2 is 2.15 bits per heavy atom. The minimum Gasteiger partial charge on any atom is -0.262 e. The molecule has 0 atom stereocenters. The van der Waals surface area contributed by atoms with E-state index in [1.54, 1.807) is 17.8 Å². The van der Waals surface area contributed by atoms with Gasteiger partial charge in [-0.15, -0.1) is 0 Å². The molecule has 0 bridgehead atoms. The Balaban J connectivity index is 1.66. The average molecular weight is 368 g/mol. The number of nitriles is 1. The van der Waals surface area contributed by atoms with Gasteiger partial charge in [0, 0.05) is 24.8 Å². The van der Waals surface area contributed by atoms with Gasteiger partial charge in [0.25, 0.3) is 0 Å². The molecular formula is C19H20N4O2S. The molecule has 1 aromatic carbocycles. The number of allylic oxidation sites excluding steroid dienone is 1. The first kappa shape index (κ1) is 17.0. The van der Waals surface area contributed by atoms with Gasteiger partial charge >= 0.3 is 0 Å². The van der Waals surface area contributed by atoms with E-state index in [9.17, 15) is 13.7 Å². The van der Waals surface area contributed by atoms with E-state index in [4.69, 9.17) is 0 Å². The molecule has 7 heteroatoms. The van der Waals surface area contributed by atoms with Gasteiger partial charge in [0.1, 0.15) is 5.54 Å². The molecular weight excluding hydrogens is 348 g/mol. The quantitative estimate of drug-likeness (QED) is 0.812. The summed E-state index contributed by atoms with van der Waals surface area (Å²) in [6.07, 6.45) is 9.20. The molecule has 1 aromatic heterocycles. The number of rotatable bonds is 5. The second-order valence-corrected chi connectivity index (χ2v) is 9.14. The van der Waals surface area contributed by atoms with E-state index in [-0.39, 0.29) is 12.2 Å². The molecule has 0 unspecified atom stereocenters. The fourth-order valence-corrected chi connectivity index (χ4v) is 4.98. The summed E-state index contributed by atoms with van der Waals surface area (Å²) in [7, 11) is -3.24. The van der Waals surface area contributed by atoms with Crippen molar-refractivity contribution in [1.82, 2.24) is 14.1 Å². The summed E-state index contributed by atoms with van der Waals surface area (Å²) in [5, 5.41) is 13.8. The number of nitrogens with zero attached hydrogens (tertiary/aromatic N) is 4. The summed E-state index contributed by atoms with van der Waals surface area (Å²) in [4.78, 5) is 0. The third-order valence-electron chi connectivity index (χ3n) is 5.31. The van der Waals surface area contributed by atoms with E-state index in [0.717, 1.165) is 17.5 Å². The largest absolute Gasteiger partial charge is 0.262 e. The first-order chi connectivity index (χ1) is 12.5. The van der Waals surface area contributed by atoms with Gasteiger partial charge in [-0.05, 0) is 30.0 Å². The lowest BCUT2D eigenvalue weighted by molar-refractivity contribution is 0.0719. The van der Waals surface area contributed by atoms with Crippen molar-refractivity contribution in [3.63, 3.8) is 0 Å². The van der Waals surface area contributed by atoms with Crippen LogP contribution >= 0.6 is 0 Å². The van der Waals surface area contributed by atoms with E-state index in [1.807, 2.05) is 12.3 Å². The molecule has 2 aromatic rings. The van der Waals surface area contributed by atoms with Crippen LogP contribution in [0.3, 0.4) is 0 Å². The Morgan fingerprint density at radius 3 is 2.88 bits per heavy atom. The molecule has 2 aliphatic rings. The number of benzene rings is 1. The maximum Gasteiger partial charge on any atom is 0.213 e. The second kappa shape index (κ2) is 6.08. The van der Waals surface area contributed by atoms with E-state index in [0.29, 0.717) is 13.1 Å². The Hall–Kier alpha value is -2.43. The van der Waals surface area contributed by atoms with Crippen LogP contribution in [0.1, 0.15) is 24.5 Å². The third-order valence-corrected chi connectivity index (χ3v) is 7.08. The lowest BCUT2D eigenvalue weighted by Gasteiger charge is -2.47. The zero-order valence-corrected chi connectivity index (χ0v) is 15.4. The number of fused-ring (bicyclic) bond motifs is 1. The lowest BCUT2D eigenvalue weighted by atomic mass is 9.89. The zero-order chi connectivity index (χ0) is 18.4. The van der Waals surface area contributed by atoms with E-state index < -0.39 is 15.6 Å². The van der Waals surface area contributed by atoms with Crippen LogP contribution < -0.4 is 0 Å². The smallest absolute Gasteiger partial charge is 0.213 e. The van der Waals surface area contributed by atoms with Crippen LogP contribution in [0.25, 0.3) is 17.2 Å². The molecule has 0 radical (unpaired) electrons. The molecule has 1 aliphatic heterocycles. The van der Waals surface area contributed by atoms with Crippen molar-refractivity contribution in [1.29, 1.82) is 5.26 Å². The van der Waals surface area contributed by atoms with Crippen molar-refractivity contribution in [3.8, 4) is 17.2 Å². The van der Waals surface area contributed by atoms with Gasteiger partial charge in [-0.2, -0.15) is 14.7 Å². The van der Waals surface area contributed by atoms with Crippen LogP contribution in [-0.2, 0) is 22.0 Å². The van der Waals surface area contributed by atoms with Gasteiger partial charge < -0.3 is 0 Å². The highest BCUT2D eigenvalue weighted by molar-refractivity contribution is 7.89. The molecule has 0 spiro atoms. The topological polar surface area (TPSA) is 79.0 Å². The van der Waals surface area contributed by atoms with E-state index in [2.05, 4.69) is 35.5 Å². The molecule has 6 nitrogen and oxygen atoms in total. The predicted octanol–water partition coefficient (Wildman–Crippen LogP) is 2.39. The number of hydrogen-bond donors (Lipinski definition) is 0.